The molecular formula is C15H16ClNO. The molecule has 1 unspecified atom stereocenters. The third kappa shape index (κ3) is 3.49. The summed E-state index contributed by atoms with van der Waals surface area (Å²) in [4.78, 5) is 0. The maximum atomic E-state index is 5.83. The van der Waals surface area contributed by atoms with Crippen molar-refractivity contribution in [1.29, 1.82) is 0 Å². The van der Waals surface area contributed by atoms with Gasteiger partial charge in [-0.25, -0.2) is 0 Å². The normalized spacial score (nSPS) is 12.1. The van der Waals surface area contributed by atoms with E-state index in [1.807, 2.05) is 49.5 Å². The second-order valence-corrected chi connectivity index (χ2v) is 4.45. The van der Waals surface area contributed by atoms with Gasteiger partial charge in [0.2, 0.25) is 0 Å². The lowest BCUT2D eigenvalue weighted by atomic mass is 10.1. The van der Waals surface area contributed by atoms with Gasteiger partial charge in [-0.15, -0.1) is 0 Å². The summed E-state index contributed by atoms with van der Waals surface area (Å²) in [7, 11) is 1.93. The first-order valence-corrected chi connectivity index (χ1v) is 6.28. The molecule has 0 saturated carbocycles. The van der Waals surface area contributed by atoms with Crippen molar-refractivity contribution in [3.63, 3.8) is 0 Å². The Morgan fingerprint density at radius 3 is 2.33 bits per heavy atom. The highest BCUT2D eigenvalue weighted by atomic mass is 35.5. The predicted molar refractivity (Wildman–Crippen MR) is 75.2 cm³/mol. The fraction of sp³-hybridized carbons (Fsp3) is 0.200. The molecule has 0 aliphatic heterocycles. The minimum atomic E-state index is 0.182. The Labute approximate surface area is 113 Å². The zero-order valence-corrected chi connectivity index (χ0v) is 11.0. The fourth-order valence-corrected chi connectivity index (χ4v) is 1.87. The van der Waals surface area contributed by atoms with Crippen LogP contribution < -0.4 is 10.1 Å². The van der Waals surface area contributed by atoms with E-state index < -0.39 is 0 Å². The van der Waals surface area contributed by atoms with Crippen molar-refractivity contribution in [3.8, 4) is 5.75 Å². The van der Waals surface area contributed by atoms with Gasteiger partial charge in [0.15, 0.2) is 0 Å². The lowest BCUT2D eigenvalue weighted by molar-refractivity contribution is 0.273. The quantitative estimate of drug-likeness (QED) is 0.887. The molecule has 3 heteroatoms. The zero-order valence-electron chi connectivity index (χ0n) is 10.3. The number of hydrogen-bond acceptors (Lipinski definition) is 2. The Morgan fingerprint density at radius 2 is 1.72 bits per heavy atom. The molecule has 2 rings (SSSR count). The number of halogens is 1. The summed E-state index contributed by atoms with van der Waals surface area (Å²) >= 11 is 5.83. The van der Waals surface area contributed by atoms with Gasteiger partial charge in [0.25, 0.3) is 0 Å². The third-order valence-corrected chi connectivity index (χ3v) is 3.03. The van der Waals surface area contributed by atoms with E-state index >= 15 is 0 Å². The van der Waals surface area contributed by atoms with E-state index in [-0.39, 0.29) is 6.04 Å². The average Bonchev–Trinajstić information content (AvgIpc) is 2.43. The molecule has 2 aromatic rings. The van der Waals surface area contributed by atoms with Crippen molar-refractivity contribution in [2.45, 2.75) is 6.04 Å². The van der Waals surface area contributed by atoms with Crippen LogP contribution in [0.1, 0.15) is 11.6 Å². The Bertz CT molecular complexity index is 470. The van der Waals surface area contributed by atoms with Crippen LogP contribution in [0.15, 0.2) is 54.6 Å². The molecule has 0 fully saturated rings. The summed E-state index contributed by atoms with van der Waals surface area (Å²) in [6.45, 7) is 0.585. The number of rotatable bonds is 5. The summed E-state index contributed by atoms with van der Waals surface area (Å²) in [5.41, 5.74) is 1.22. The molecule has 2 aromatic carbocycles. The largest absolute Gasteiger partial charge is 0.492 e. The van der Waals surface area contributed by atoms with Crippen molar-refractivity contribution >= 4 is 11.6 Å². The van der Waals surface area contributed by atoms with Crippen LogP contribution in [0.25, 0.3) is 0 Å². The highest BCUT2D eigenvalue weighted by Gasteiger charge is 2.09. The highest BCUT2D eigenvalue weighted by molar-refractivity contribution is 6.30. The van der Waals surface area contributed by atoms with Crippen LogP contribution in [0, 0.1) is 0 Å². The molecule has 0 aliphatic rings. The van der Waals surface area contributed by atoms with Gasteiger partial charge in [0.05, 0.1) is 6.04 Å². The van der Waals surface area contributed by atoms with Crippen molar-refractivity contribution < 1.29 is 4.74 Å². The van der Waals surface area contributed by atoms with Gasteiger partial charge in [-0.2, -0.15) is 0 Å². The first-order valence-electron chi connectivity index (χ1n) is 5.90. The Morgan fingerprint density at radius 1 is 1.06 bits per heavy atom. The Hall–Kier alpha value is -1.51. The monoisotopic (exact) mass is 261 g/mol. The molecule has 0 bridgehead atoms. The molecule has 18 heavy (non-hydrogen) atoms. The molecule has 0 aromatic heterocycles. The first kappa shape index (κ1) is 12.9. The highest BCUT2D eigenvalue weighted by Crippen LogP contribution is 2.18. The van der Waals surface area contributed by atoms with E-state index in [0.717, 1.165) is 10.8 Å². The van der Waals surface area contributed by atoms with Gasteiger partial charge in [-0.05, 0) is 36.9 Å². The molecule has 0 saturated heterocycles. The van der Waals surface area contributed by atoms with Crippen LogP contribution in [-0.2, 0) is 0 Å². The molecule has 2 nitrogen and oxygen atoms in total. The summed E-state index contributed by atoms with van der Waals surface area (Å²) < 4.78 is 5.75. The molecule has 94 valence electrons. The van der Waals surface area contributed by atoms with Crippen molar-refractivity contribution in [3.05, 3.63) is 65.2 Å². The van der Waals surface area contributed by atoms with Gasteiger partial charge in [0, 0.05) is 5.02 Å². The van der Waals surface area contributed by atoms with Crippen molar-refractivity contribution in [1.82, 2.24) is 5.32 Å². The van der Waals surface area contributed by atoms with E-state index in [1.54, 1.807) is 0 Å². The summed E-state index contributed by atoms with van der Waals surface area (Å²) in [6, 6.07) is 17.8. The summed E-state index contributed by atoms with van der Waals surface area (Å²) in [6.07, 6.45) is 0. The van der Waals surface area contributed by atoms with Crippen LogP contribution in [0.2, 0.25) is 5.02 Å². The standard InChI is InChI=1S/C15H16ClNO/c1-17-15(12-5-3-2-4-6-12)11-18-14-9-7-13(16)8-10-14/h2-10,15,17H,11H2,1H3. The lowest BCUT2D eigenvalue weighted by Gasteiger charge is -2.17. The van der Waals surface area contributed by atoms with E-state index in [2.05, 4.69) is 17.4 Å². The molecule has 0 heterocycles. The number of nitrogens with one attached hydrogen (secondary N) is 1. The Kier molecular flexibility index (Phi) is 4.62. The van der Waals surface area contributed by atoms with Crippen molar-refractivity contribution in [2.75, 3.05) is 13.7 Å². The van der Waals surface area contributed by atoms with Crippen LogP contribution in [0.4, 0.5) is 0 Å². The minimum Gasteiger partial charge on any atom is -0.492 e. The van der Waals surface area contributed by atoms with Gasteiger partial charge in [-0.1, -0.05) is 41.9 Å². The minimum absolute atomic E-state index is 0.182. The van der Waals surface area contributed by atoms with E-state index in [9.17, 15) is 0 Å². The molecule has 0 amide bonds. The average molecular weight is 262 g/mol. The third-order valence-electron chi connectivity index (χ3n) is 2.78. The van der Waals surface area contributed by atoms with E-state index in [1.165, 1.54) is 5.56 Å². The molecule has 0 aliphatic carbocycles. The second-order valence-electron chi connectivity index (χ2n) is 4.02. The maximum absolute atomic E-state index is 5.83. The topological polar surface area (TPSA) is 21.3 Å². The van der Waals surface area contributed by atoms with Crippen molar-refractivity contribution in [2.24, 2.45) is 0 Å². The van der Waals surface area contributed by atoms with Gasteiger partial charge >= 0.3 is 0 Å². The summed E-state index contributed by atoms with van der Waals surface area (Å²) in [5, 5.41) is 3.97. The van der Waals surface area contributed by atoms with Crippen LogP contribution >= 0.6 is 11.6 Å². The predicted octanol–water partition coefficient (Wildman–Crippen LogP) is 3.68. The van der Waals surface area contributed by atoms with E-state index in [0.29, 0.717) is 6.61 Å². The van der Waals surface area contributed by atoms with Gasteiger partial charge in [-0.3, -0.25) is 0 Å². The van der Waals surface area contributed by atoms with Gasteiger partial charge in [0.1, 0.15) is 12.4 Å². The first-order chi connectivity index (χ1) is 8.79. The fourth-order valence-electron chi connectivity index (χ4n) is 1.74. The molecule has 0 spiro atoms. The molecular weight excluding hydrogens is 246 g/mol. The number of likely N-dealkylation sites (N-methyl/N-ethyl adjacent to an activating group) is 1. The lowest BCUT2D eigenvalue weighted by Crippen LogP contribution is -2.23. The SMILES string of the molecule is CNC(COc1ccc(Cl)cc1)c1ccccc1. The van der Waals surface area contributed by atoms with Crippen LogP contribution in [-0.4, -0.2) is 13.7 Å². The smallest absolute Gasteiger partial charge is 0.119 e. The molecule has 1 atom stereocenters. The van der Waals surface area contributed by atoms with Crippen LogP contribution in [0.5, 0.6) is 5.75 Å². The zero-order chi connectivity index (χ0) is 12.8. The molecule has 0 radical (unpaired) electrons. The molecule has 1 N–H and O–H groups in total. The van der Waals surface area contributed by atoms with Gasteiger partial charge < -0.3 is 10.1 Å². The Balaban J connectivity index is 1.97. The van der Waals surface area contributed by atoms with E-state index in [4.69, 9.17) is 16.3 Å². The maximum Gasteiger partial charge on any atom is 0.119 e. The number of benzene rings is 2. The second kappa shape index (κ2) is 6.43. The number of ether oxygens (including phenoxy) is 1. The summed E-state index contributed by atoms with van der Waals surface area (Å²) in [5.74, 6) is 0.829. The van der Waals surface area contributed by atoms with Crippen LogP contribution in [0.3, 0.4) is 0 Å². The number of hydrogen-bond donors (Lipinski definition) is 1.